The molecular formula is C19H13ClO3. The van der Waals surface area contributed by atoms with E-state index in [4.69, 9.17) is 21.2 Å². The highest BCUT2D eigenvalue weighted by Crippen LogP contribution is 2.51. The lowest BCUT2D eigenvalue weighted by Gasteiger charge is -2.37. The van der Waals surface area contributed by atoms with Gasteiger partial charge in [0.1, 0.15) is 11.5 Å². The number of hydrogen-bond acceptors (Lipinski definition) is 3. The average molecular weight is 325 g/mol. The van der Waals surface area contributed by atoms with Crippen LogP contribution in [0.15, 0.2) is 72.8 Å². The summed E-state index contributed by atoms with van der Waals surface area (Å²) in [5.41, 5.74) is 1.09. The molecule has 1 heterocycles. The second kappa shape index (κ2) is 5.39. The first kappa shape index (κ1) is 14.3. The van der Waals surface area contributed by atoms with Crippen molar-refractivity contribution in [1.29, 1.82) is 0 Å². The van der Waals surface area contributed by atoms with E-state index in [2.05, 4.69) is 0 Å². The number of para-hydroxylation sites is 2. The second-order valence-electron chi connectivity index (χ2n) is 5.37. The summed E-state index contributed by atoms with van der Waals surface area (Å²) in [5.74, 6) is 1.30. The molecule has 4 heteroatoms. The van der Waals surface area contributed by atoms with Crippen molar-refractivity contribution in [3.05, 3.63) is 94.5 Å². The number of halogens is 1. The van der Waals surface area contributed by atoms with Crippen LogP contribution < -0.4 is 4.74 Å². The van der Waals surface area contributed by atoms with Gasteiger partial charge in [-0.25, -0.2) is 4.89 Å². The normalized spacial score (nSPS) is 14.5. The van der Waals surface area contributed by atoms with Gasteiger partial charge in [-0.05, 0) is 29.8 Å². The Kier molecular flexibility index (Phi) is 3.34. The summed E-state index contributed by atoms with van der Waals surface area (Å²) in [6.07, 6.45) is 0. The van der Waals surface area contributed by atoms with Crippen molar-refractivity contribution in [1.82, 2.24) is 0 Å². The minimum atomic E-state index is -1.16. The summed E-state index contributed by atoms with van der Waals surface area (Å²) in [6, 6.07) is 22.3. The number of ether oxygens (including phenoxy) is 1. The minimum Gasteiger partial charge on any atom is -0.457 e. The van der Waals surface area contributed by atoms with E-state index in [1.807, 2.05) is 60.7 Å². The van der Waals surface area contributed by atoms with Crippen molar-refractivity contribution < 1.29 is 14.9 Å². The number of hydrogen-bond donors (Lipinski definition) is 1. The molecule has 3 aromatic carbocycles. The van der Waals surface area contributed by atoms with Crippen LogP contribution in [0.3, 0.4) is 0 Å². The molecule has 0 saturated carbocycles. The highest BCUT2D eigenvalue weighted by Gasteiger charge is 2.45. The van der Waals surface area contributed by atoms with Crippen LogP contribution in [0.25, 0.3) is 0 Å². The van der Waals surface area contributed by atoms with Gasteiger partial charge in [0.25, 0.3) is 0 Å². The second-order valence-corrected chi connectivity index (χ2v) is 5.81. The minimum absolute atomic E-state index is 0.621. The van der Waals surface area contributed by atoms with Crippen molar-refractivity contribution in [2.75, 3.05) is 0 Å². The molecule has 0 aliphatic carbocycles. The van der Waals surface area contributed by atoms with Gasteiger partial charge in [-0.3, -0.25) is 5.26 Å². The van der Waals surface area contributed by atoms with Crippen molar-refractivity contribution in [2.45, 2.75) is 5.60 Å². The molecule has 1 aliphatic rings. The van der Waals surface area contributed by atoms with E-state index in [1.54, 1.807) is 12.1 Å². The summed E-state index contributed by atoms with van der Waals surface area (Å²) < 4.78 is 5.96. The number of fused-ring (bicyclic) bond motifs is 2. The van der Waals surface area contributed by atoms with Crippen LogP contribution in [0, 0.1) is 0 Å². The molecule has 4 rings (SSSR count). The summed E-state index contributed by atoms with van der Waals surface area (Å²) in [6.45, 7) is 0. The Morgan fingerprint density at radius 2 is 1.30 bits per heavy atom. The van der Waals surface area contributed by atoms with Gasteiger partial charge in [-0.1, -0.05) is 60.1 Å². The third-order valence-electron chi connectivity index (χ3n) is 4.14. The lowest BCUT2D eigenvalue weighted by molar-refractivity contribution is -0.303. The van der Waals surface area contributed by atoms with Crippen molar-refractivity contribution in [2.24, 2.45) is 0 Å². The van der Waals surface area contributed by atoms with Gasteiger partial charge in [0, 0.05) is 16.1 Å². The maximum atomic E-state index is 9.97. The third kappa shape index (κ3) is 2.05. The predicted molar refractivity (Wildman–Crippen MR) is 88.0 cm³/mol. The molecule has 0 amide bonds. The predicted octanol–water partition coefficient (Wildman–Crippen LogP) is 5.23. The summed E-state index contributed by atoms with van der Waals surface area (Å²) in [7, 11) is 0. The molecule has 3 nitrogen and oxygen atoms in total. The van der Waals surface area contributed by atoms with E-state index in [1.165, 1.54) is 0 Å². The quantitative estimate of drug-likeness (QED) is 0.518. The highest BCUT2D eigenvalue weighted by molar-refractivity contribution is 6.30. The monoisotopic (exact) mass is 324 g/mol. The molecule has 1 N–H and O–H groups in total. The molecule has 0 atom stereocenters. The Hall–Kier alpha value is -2.33. The van der Waals surface area contributed by atoms with E-state index in [0.717, 1.165) is 16.7 Å². The van der Waals surface area contributed by atoms with E-state index in [9.17, 15) is 5.26 Å². The standard InChI is InChI=1S/C19H13ClO3/c20-14-11-9-13(10-12-14)19(23-21)15-5-1-3-7-17(15)22-18-8-4-2-6-16(18)19/h1-12,21H. The first-order valence-corrected chi connectivity index (χ1v) is 7.59. The Labute approximate surface area is 138 Å². The zero-order valence-electron chi connectivity index (χ0n) is 12.1. The smallest absolute Gasteiger partial charge is 0.185 e. The summed E-state index contributed by atoms with van der Waals surface area (Å²) in [5, 5.41) is 10.6. The van der Waals surface area contributed by atoms with Gasteiger partial charge < -0.3 is 4.74 Å². The average Bonchev–Trinajstić information content (AvgIpc) is 2.60. The molecule has 114 valence electrons. The molecule has 0 radical (unpaired) electrons. The van der Waals surface area contributed by atoms with Crippen molar-refractivity contribution >= 4 is 11.6 Å². The fourth-order valence-electron chi connectivity index (χ4n) is 3.10. The topological polar surface area (TPSA) is 38.7 Å². The maximum absolute atomic E-state index is 9.97. The lowest BCUT2D eigenvalue weighted by atomic mass is 9.78. The highest BCUT2D eigenvalue weighted by atomic mass is 35.5. The fourth-order valence-corrected chi connectivity index (χ4v) is 3.23. The molecule has 0 spiro atoms. The van der Waals surface area contributed by atoms with Gasteiger partial charge >= 0.3 is 0 Å². The molecule has 0 unspecified atom stereocenters. The largest absolute Gasteiger partial charge is 0.457 e. The molecule has 0 bridgehead atoms. The van der Waals surface area contributed by atoms with Gasteiger partial charge in [-0.2, -0.15) is 0 Å². The SMILES string of the molecule is OOC1(c2ccc(Cl)cc2)c2ccccc2Oc2ccccc21. The molecule has 23 heavy (non-hydrogen) atoms. The first-order chi connectivity index (χ1) is 11.3. The zero-order valence-corrected chi connectivity index (χ0v) is 12.8. The molecule has 0 aromatic heterocycles. The van der Waals surface area contributed by atoms with Crippen LogP contribution in [-0.4, -0.2) is 5.26 Å². The van der Waals surface area contributed by atoms with Gasteiger partial charge in [-0.15, -0.1) is 0 Å². The molecule has 0 saturated heterocycles. The van der Waals surface area contributed by atoms with E-state index in [0.29, 0.717) is 16.5 Å². The van der Waals surface area contributed by atoms with Gasteiger partial charge in [0.2, 0.25) is 0 Å². The van der Waals surface area contributed by atoms with Crippen molar-refractivity contribution in [3.8, 4) is 11.5 Å². The Balaban J connectivity index is 2.07. The molecule has 3 aromatic rings. The first-order valence-electron chi connectivity index (χ1n) is 7.21. The van der Waals surface area contributed by atoms with Crippen LogP contribution in [0.5, 0.6) is 11.5 Å². The van der Waals surface area contributed by atoms with Gasteiger partial charge in [0.15, 0.2) is 5.60 Å². The maximum Gasteiger partial charge on any atom is 0.185 e. The van der Waals surface area contributed by atoms with E-state index >= 15 is 0 Å². The number of rotatable bonds is 2. The van der Waals surface area contributed by atoms with Crippen LogP contribution in [0.2, 0.25) is 5.02 Å². The summed E-state index contributed by atoms with van der Waals surface area (Å²) in [4.78, 5) is 5.13. The van der Waals surface area contributed by atoms with Crippen molar-refractivity contribution in [3.63, 3.8) is 0 Å². The third-order valence-corrected chi connectivity index (χ3v) is 4.39. The summed E-state index contributed by atoms with van der Waals surface area (Å²) >= 11 is 6.01. The molecular weight excluding hydrogens is 312 g/mol. The molecule has 1 aliphatic heterocycles. The van der Waals surface area contributed by atoms with Crippen LogP contribution in [0.1, 0.15) is 16.7 Å². The van der Waals surface area contributed by atoms with Crippen LogP contribution in [0.4, 0.5) is 0 Å². The fraction of sp³-hybridized carbons (Fsp3) is 0.0526. The van der Waals surface area contributed by atoms with Crippen LogP contribution >= 0.6 is 11.6 Å². The number of benzene rings is 3. The van der Waals surface area contributed by atoms with E-state index in [-0.39, 0.29) is 0 Å². The Morgan fingerprint density at radius 1 is 0.783 bits per heavy atom. The molecule has 0 fully saturated rings. The van der Waals surface area contributed by atoms with Crippen LogP contribution in [-0.2, 0) is 10.5 Å². The Morgan fingerprint density at radius 3 is 1.83 bits per heavy atom. The Bertz CT molecular complexity index is 813. The lowest BCUT2D eigenvalue weighted by Crippen LogP contribution is -2.34. The zero-order chi connectivity index (χ0) is 15.9. The van der Waals surface area contributed by atoms with Gasteiger partial charge in [0.05, 0.1) is 0 Å². The van der Waals surface area contributed by atoms with E-state index < -0.39 is 5.60 Å².